The molecule has 0 N–H and O–H groups in total. The molecule has 1 aromatic rings. The normalized spacial score (nSPS) is 15.0. The lowest BCUT2D eigenvalue weighted by molar-refractivity contribution is 0.0443. The third kappa shape index (κ3) is 2.83. The highest BCUT2D eigenvalue weighted by Gasteiger charge is 2.29. The van der Waals surface area contributed by atoms with Crippen molar-refractivity contribution in [2.45, 2.75) is 6.92 Å². The molecule has 0 aliphatic carbocycles. The van der Waals surface area contributed by atoms with Crippen LogP contribution < -0.4 is 4.74 Å². The van der Waals surface area contributed by atoms with Crippen LogP contribution in [-0.4, -0.2) is 24.9 Å². The SMILES string of the molecule is C/C=C\C=C/C(=NC)Oc1ccc2c(c1)C(=O)OC2=O. The minimum absolute atomic E-state index is 0.209. The summed E-state index contributed by atoms with van der Waals surface area (Å²) in [5, 5.41) is 0. The topological polar surface area (TPSA) is 65.0 Å². The van der Waals surface area contributed by atoms with Gasteiger partial charge in [0.1, 0.15) is 5.75 Å². The molecule has 102 valence electrons. The summed E-state index contributed by atoms with van der Waals surface area (Å²) < 4.78 is 10.0. The van der Waals surface area contributed by atoms with Crippen molar-refractivity contribution in [2.24, 2.45) is 4.99 Å². The molecule has 0 radical (unpaired) electrons. The molecule has 0 atom stereocenters. The maximum atomic E-state index is 11.4. The van der Waals surface area contributed by atoms with Crippen molar-refractivity contribution >= 4 is 17.8 Å². The molecule has 0 fully saturated rings. The van der Waals surface area contributed by atoms with Gasteiger partial charge in [0.2, 0.25) is 5.90 Å². The van der Waals surface area contributed by atoms with Gasteiger partial charge in [0.25, 0.3) is 0 Å². The maximum Gasteiger partial charge on any atom is 0.347 e. The smallest absolute Gasteiger partial charge is 0.347 e. The fourth-order valence-electron chi connectivity index (χ4n) is 1.65. The van der Waals surface area contributed by atoms with Crippen molar-refractivity contribution in [2.75, 3.05) is 7.05 Å². The second-order valence-electron chi connectivity index (χ2n) is 3.93. The molecule has 5 heteroatoms. The number of aliphatic imine (C=N–C) groups is 1. The van der Waals surface area contributed by atoms with Gasteiger partial charge in [-0.15, -0.1) is 0 Å². The van der Waals surface area contributed by atoms with Gasteiger partial charge in [0.15, 0.2) is 0 Å². The highest BCUT2D eigenvalue weighted by molar-refractivity contribution is 6.14. The molecule has 20 heavy (non-hydrogen) atoms. The number of esters is 2. The summed E-state index contributed by atoms with van der Waals surface area (Å²) in [5.74, 6) is -0.481. The van der Waals surface area contributed by atoms with Crippen molar-refractivity contribution in [1.29, 1.82) is 0 Å². The lowest BCUT2D eigenvalue weighted by atomic mass is 10.1. The van der Waals surface area contributed by atoms with E-state index in [0.717, 1.165) is 0 Å². The number of hydrogen-bond acceptors (Lipinski definition) is 5. The number of nitrogens with zero attached hydrogens (tertiary/aromatic N) is 1. The molecule has 0 amide bonds. The van der Waals surface area contributed by atoms with Crippen LogP contribution in [0.15, 0.2) is 47.5 Å². The molecule has 0 unspecified atom stereocenters. The number of hydrogen-bond donors (Lipinski definition) is 0. The largest absolute Gasteiger partial charge is 0.439 e. The molecule has 0 saturated carbocycles. The van der Waals surface area contributed by atoms with Crippen LogP contribution in [0.2, 0.25) is 0 Å². The minimum Gasteiger partial charge on any atom is -0.439 e. The first-order valence-corrected chi connectivity index (χ1v) is 6.00. The van der Waals surface area contributed by atoms with Gasteiger partial charge in [0.05, 0.1) is 11.1 Å². The van der Waals surface area contributed by atoms with Crippen LogP contribution in [0, 0.1) is 0 Å². The first kappa shape index (κ1) is 13.7. The van der Waals surface area contributed by atoms with E-state index >= 15 is 0 Å². The number of cyclic esters (lactones) is 2. The summed E-state index contributed by atoms with van der Waals surface area (Å²) in [6, 6.07) is 4.56. The number of ether oxygens (including phenoxy) is 2. The summed E-state index contributed by atoms with van der Waals surface area (Å²) in [6.45, 7) is 1.90. The predicted octanol–water partition coefficient (Wildman–Crippen LogP) is 2.54. The van der Waals surface area contributed by atoms with E-state index < -0.39 is 11.9 Å². The van der Waals surface area contributed by atoms with Crippen LogP contribution in [0.1, 0.15) is 27.6 Å². The fourth-order valence-corrected chi connectivity index (χ4v) is 1.65. The van der Waals surface area contributed by atoms with Crippen LogP contribution in [-0.2, 0) is 4.74 Å². The zero-order valence-electron chi connectivity index (χ0n) is 11.1. The minimum atomic E-state index is -0.658. The van der Waals surface area contributed by atoms with Gasteiger partial charge in [-0.05, 0) is 25.1 Å². The second kappa shape index (κ2) is 5.97. The van der Waals surface area contributed by atoms with Crippen LogP contribution in [0.4, 0.5) is 0 Å². The standard InChI is InChI=1S/C15H13NO4/c1-3-4-5-6-13(16-2)19-10-7-8-11-12(9-10)15(18)20-14(11)17/h3-9H,1-2H3/b4-3-,6-5-,16-13?. The van der Waals surface area contributed by atoms with Crippen LogP contribution in [0.3, 0.4) is 0 Å². The Labute approximate surface area is 116 Å². The Morgan fingerprint density at radius 3 is 2.65 bits per heavy atom. The van der Waals surface area contributed by atoms with Gasteiger partial charge in [0, 0.05) is 13.1 Å². The molecular weight excluding hydrogens is 258 g/mol. The summed E-state index contributed by atoms with van der Waals surface area (Å²) in [7, 11) is 1.60. The maximum absolute atomic E-state index is 11.4. The van der Waals surface area contributed by atoms with E-state index in [9.17, 15) is 9.59 Å². The molecule has 5 nitrogen and oxygen atoms in total. The van der Waals surface area contributed by atoms with Crippen molar-refractivity contribution in [3.63, 3.8) is 0 Å². The molecule has 1 aliphatic heterocycles. The van der Waals surface area contributed by atoms with E-state index in [1.165, 1.54) is 12.1 Å². The number of carbonyl (C=O) groups is 2. The first-order chi connectivity index (χ1) is 9.65. The summed E-state index contributed by atoms with van der Waals surface area (Å²) >= 11 is 0. The molecule has 1 aromatic carbocycles. The second-order valence-corrected chi connectivity index (χ2v) is 3.93. The predicted molar refractivity (Wildman–Crippen MR) is 74.1 cm³/mol. The Morgan fingerprint density at radius 2 is 1.95 bits per heavy atom. The van der Waals surface area contributed by atoms with Gasteiger partial charge >= 0.3 is 11.9 Å². The molecule has 0 bridgehead atoms. The number of rotatable bonds is 3. The molecule has 2 rings (SSSR count). The van der Waals surface area contributed by atoms with Gasteiger partial charge in [-0.1, -0.05) is 18.2 Å². The van der Waals surface area contributed by atoms with Crippen molar-refractivity contribution < 1.29 is 19.1 Å². The van der Waals surface area contributed by atoms with Crippen molar-refractivity contribution in [3.05, 3.63) is 53.6 Å². The number of allylic oxidation sites excluding steroid dienone is 3. The molecule has 0 saturated heterocycles. The number of carbonyl (C=O) groups excluding carboxylic acids is 2. The molecule has 1 aliphatic rings. The molecule has 0 spiro atoms. The average molecular weight is 271 g/mol. The molecular formula is C15H13NO4. The van der Waals surface area contributed by atoms with Gasteiger partial charge in [-0.3, -0.25) is 4.99 Å². The lowest BCUT2D eigenvalue weighted by Crippen LogP contribution is -2.05. The van der Waals surface area contributed by atoms with E-state index in [1.807, 2.05) is 19.1 Å². The number of benzene rings is 1. The summed E-state index contributed by atoms with van der Waals surface area (Å²) in [6.07, 6.45) is 7.19. The van der Waals surface area contributed by atoms with E-state index in [4.69, 9.17) is 4.74 Å². The van der Waals surface area contributed by atoms with Gasteiger partial charge in [-0.25, -0.2) is 9.59 Å². The highest BCUT2D eigenvalue weighted by Crippen LogP contribution is 2.24. The third-order valence-corrected chi connectivity index (χ3v) is 2.60. The zero-order valence-corrected chi connectivity index (χ0v) is 11.1. The lowest BCUT2D eigenvalue weighted by Gasteiger charge is -2.05. The Kier molecular flexibility index (Phi) is 4.10. The fraction of sp³-hybridized carbons (Fsp3) is 0.133. The molecule has 0 aromatic heterocycles. The first-order valence-electron chi connectivity index (χ1n) is 6.00. The van der Waals surface area contributed by atoms with E-state index in [1.54, 1.807) is 25.3 Å². The van der Waals surface area contributed by atoms with Gasteiger partial charge in [-0.2, -0.15) is 0 Å². The van der Waals surface area contributed by atoms with Crippen LogP contribution in [0.5, 0.6) is 5.75 Å². The Bertz CT molecular complexity index is 641. The summed E-state index contributed by atoms with van der Waals surface area (Å²) in [4.78, 5) is 26.7. The van der Waals surface area contributed by atoms with Crippen LogP contribution >= 0.6 is 0 Å². The highest BCUT2D eigenvalue weighted by atomic mass is 16.6. The average Bonchev–Trinajstić information content (AvgIpc) is 2.73. The van der Waals surface area contributed by atoms with Crippen molar-refractivity contribution in [3.8, 4) is 5.75 Å². The van der Waals surface area contributed by atoms with E-state index in [2.05, 4.69) is 9.73 Å². The Morgan fingerprint density at radius 1 is 1.20 bits per heavy atom. The van der Waals surface area contributed by atoms with Crippen LogP contribution in [0.25, 0.3) is 0 Å². The Balaban J connectivity index is 2.21. The monoisotopic (exact) mass is 271 g/mol. The summed E-state index contributed by atoms with van der Waals surface area (Å²) in [5.41, 5.74) is 0.460. The quantitative estimate of drug-likeness (QED) is 0.278. The third-order valence-electron chi connectivity index (χ3n) is 2.60. The van der Waals surface area contributed by atoms with Crippen molar-refractivity contribution in [1.82, 2.24) is 0 Å². The number of fused-ring (bicyclic) bond motifs is 1. The van der Waals surface area contributed by atoms with Gasteiger partial charge < -0.3 is 9.47 Å². The molecule has 1 heterocycles. The van der Waals surface area contributed by atoms with E-state index in [0.29, 0.717) is 11.6 Å². The zero-order chi connectivity index (χ0) is 14.5. The Hall–Kier alpha value is -2.69. The van der Waals surface area contributed by atoms with E-state index in [-0.39, 0.29) is 11.1 Å².